The highest BCUT2D eigenvalue weighted by Crippen LogP contribution is 2.26. The maximum atomic E-state index is 11.8. The van der Waals surface area contributed by atoms with Crippen molar-refractivity contribution in [1.29, 1.82) is 0 Å². The van der Waals surface area contributed by atoms with Crippen LogP contribution in [0.25, 0.3) is 5.52 Å². The summed E-state index contributed by atoms with van der Waals surface area (Å²) in [4.78, 5) is 16.5. The Morgan fingerprint density at radius 1 is 1.10 bits per heavy atom. The van der Waals surface area contributed by atoms with Crippen LogP contribution in [0.5, 0.6) is 5.75 Å². The number of methoxy groups -OCH3 is 1. The zero-order valence-electron chi connectivity index (χ0n) is 17.2. The number of carbonyl (C=O) groups excluding carboxylic acids is 1. The number of esters is 1. The number of rotatable bonds is 8. The molecule has 0 amide bonds. The molecule has 1 N–H and O–H groups in total. The number of anilines is 2. The molecular weight excluding hydrogens is 412 g/mol. The highest BCUT2D eigenvalue weighted by molar-refractivity contribution is 7.98. The standard InChI is InChI=1S/C23H22N4O3S/c1-3-30-22(28)17-8-6-16(7-9-17)15-31-23-25-21(20-5-4-14-27(20)26-23)24-18-10-12-19(29-2)13-11-18/h4-14H,3,15H2,1-2H3,(H,24,25,26). The molecule has 8 heteroatoms. The minimum Gasteiger partial charge on any atom is -0.497 e. The lowest BCUT2D eigenvalue weighted by atomic mass is 10.1. The molecule has 4 rings (SSSR count). The van der Waals surface area contributed by atoms with Crippen molar-refractivity contribution in [3.63, 3.8) is 0 Å². The van der Waals surface area contributed by atoms with Gasteiger partial charge in [-0.15, -0.1) is 5.10 Å². The first-order chi connectivity index (χ1) is 15.2. The molecule has 0 fully saturated rings. The smallest absolute Gasteiger partial charge is 0.338 e. The summed E-state index contributed by atoms with van der Waals surface area (Å²) >= 11 is 1.53. The zero-order valence-corrected chi connectivity index (χ0v) is 18.1. The second kappa shape index (κ2) is 9.53. The summed E-state index contributed by atoms with van der Waals surface area (Å²) < 4.78 is 12.1. The van der Waals surface area contributed by atoms with E-state index in [9.17, 15) is 4.79 Å². The maximum Gasteiger partial charge on any atom is 0.338 e. The van der Waals surface area contributed by atoms with Crippen LogP contribution in [0.2, 0.25) is 0 Å². The van der Waals surface area contributed by atoms with Gasteiger partial charge in [-0.1, -0.05) is 23.9 Å². The molecule has 4 aromatic rings. The van der Waals surface area contributed by atoms with Crippen LogP contribution in [0.15, 0.2) is 72.0 Å². The van der Waals surface area contributed by atoms with Gasteiger partial charge >= 0.3 is 5.97 Å². The Kier molecular flexibility index (Phi) is 6.37. The predicted octanol–water partition coefficient (Wildman–Crippen LogP) is 4.95. The lowest BCUT2D eigenvalue weighted by Gasteiger charge is -2.10. The van der Waals surface area contributed by atoms with Gasteiger partial charge in [-0.2, -0.15) is 0 Å². The number of thioether (sulfide) groups is 1. The number of fused-ring (bicyclic) bond motifs is 1. The fourth-order valence-electron chi connectivity index (χ4n) is 2.98. The summed E-state index contributed by atoms with van der Waals surface area (Å²) in [6.45, 7) is 2.16. The van der Waals surface area contributed by atoms with Crippen molar-refractivity contribution in [3.8, 4) is 5.75 Å². The molecule has 0 saturated carbocycles. The van der Waals surface area contributed by atoms with Crippen LogP contribution >= 0.6 is 11.8 Å². The van der Waals surface area contributed by atoms with Crippen molar-refractivity contribution < 1.29 is 14.3 Å². The quantitative estimate of drug-likeness (QED) is 0.310. The van der Waals surface area contributed by atoms with Crippen molar-refractivity contribution in [2.75, 3.05) is 19.0 Å². The number of benzene rings is 2. The van der Waals surface area contributed by atoms with Crippen LogP contribution in [-0.4, -0.2) is 34.3 Å². The molecule has 0 spiro atoms. The van der Waals surface area contributed by atoms with E-state index in [0.717, 1.165) is 28.3 Å². The maximum absolute atomic E-state index is 11.8. The fourth-order valence-corrected chi connectivity index (χ4v) is 3.77. The first kappa shape index (κ1) is 20.7. The Morgan fingerprint density at radius 2 is 1.87 bits per heavy atom. The summed E-state index contributed by atoms with van der Waals surface area (Å²) in [5.74, 6) is 1.90. The lowest BCUT2D eigenvalue weighted by Crippen LogP contribution is -2.04. The molecule has 158 valence electrons. The third-order valence-corrected chi connectivity index (χ3v) is 5.47. The van der Waals surface area contributed by atoms with E-state index in [4.69, 9.17) is 14.5 Å². The van der Waals surface area contributed by atoms with Crippen LogP contribution < -0.4 is 10.1 Å². The highest BCUT2D eigenvalue weighted by Gasteiger charge is 2.10. The van der Waals surface area contributed by atoms with Crippen LogP contribution in [0, 0.1) is 0 Å². The summed E-state index contributed by atoms with van der Waals surface area (Å²) in [6, 6.07) is 19.0. The number of carbonyl (C=O) groups is 1. The van der Waals surface area contributed by atoms with E-state index in [1.807, 2.05) is 59.2 Å². The van der Waals surface area contributed by atoms with Crippen molar-refractivity contribution in [3.05, 3.63) is 78.0 Å². The van der Waals surface area contributed by atoms with E-state index in [0.29, 0.717) is 23.1 Å². The van der Waals surface area contributed by atoms with E-state index in [1.165, 1.54) is 11.8 Å². The van der Waals surface area contributed by atoms with Gasteiger partial charge in [0.15, 0.2) is 5.82 Å². The molecule has 0 saturated heterocycles. The molecule has 7 nitrogen and oxygen atoms in total. The average Bonchev–Trinajstić information content (AvgIpc) is 3.28. The number of aromatic nitrogens is 3. The number of hydrogen-bond acceptors (Lipinski definition) is 7. The molecule has 0 aliphatic carbocycles. The van der Waals surface area contributed by atoms with Gasteiger partial charge in [0.2, 0.25) is 5.16 Å². The predicted molar refractivity (Wildman–Crippen MR) is 121 cm³/mol. The van der Waals surface area contributed by atoms with Crippen LogP contribution in [0.3, 0.4) is 0 Å². The van der Waals surface area contributed by atoms with E-state index >= 15 is 0 Å². The third kappa shape index (κ3) is 4.97. The summed E-state index contributed by atoms with van der Waals surface area (Å²) in [6.07, 6.45) is 1.90. The van der Waals surface area contributed by atoms with E-state index in [1.54, 1.807) is 26.2 Å². The monoisotopic (exact) mass is 434 g/mol. The molecule has 0 atom stereocenters. The molecule has 0 aliphatic heterocycles. The molecule has 31 heavy (non-hydrogen) atoms. The fraction of sp³-hybridized carbons (Fsp3) is 0.174. The van der Waals surface area contributed by atoms with E-state index < -0.39 is 0 Å². The minimum absolute atomic E-state index is 0.308. The van der Waals surface area contributed by atoms with Crippen molar-refractivity contribution >= 4 is 34.8 Å². The second-order valence-corrected chi connectivity index (χ2v) is 7.58. The molecule has 2 heterocycles. The van der Waals surface area contributed by atoms with Crippen molar-refractivity contribution in [2.45, 2.75) is 17.8 Å². The Labute approximate surface area is 184 Å². The summed E-state index contributed by atoms with van der Waals surface area (Å²) in [7, 11) is 1.64. The molecular formula is C23H22N4O3S. The number of hydrogen-bond donors (Lipinski definition) is 1. The first-order valence-corrected chi connectivity index (χ1v) is 10.8. The van der Waals surface area contributed by atoms with Gasteiger partial charge < -0.3 is 14.8 Å². The van der Waals surface area contributed by atoms with Crippen LogP contribution in [-0.2, 0) is 10.5 Å². The number of nitrogens with zero attached hydrogens (tertiary/aromatic N) is 3. The van der Waals surface area contributed by atoms with Gasteiger partial charge in [0.05, 0.1) is 19.3 Å². The number of nitrogens with one attached hydrogen (secondary N) is 1. The third-order valence-electron chi connectivity index (χ3n) is 4.56. The minimum atomic E-state index is -0.308. The van der Waals surface area contributed by atoms with Gasteiger partial charge in [0.1, 0.15) is 11.3 Å². The Hall–Kier alpha value is -3.52. The van der Waals surface area contributed by atoms with Crippen LogP contribution in [0.1, 0.15) is 22.8 Å². The molecule has 0 aliphatic rings. The van der Waals surface area contributed by atoms with Gasteiger partial charge in [-0.05, 0) is 61.0 Å². The molecule has 2 aromatic carbocycles. The van der Waals surface area contributed by atoms with Crippen molar-refractivity contribution in [2.24, 2.45) is 0 Å². The molecule has 0 unspecified atom stereocenters. The second-order valence-electron chi connectivity index (χ2n) is 6.64. The van der Waals surface area contributed by atoms with Gasteiger partial charge in [-0.25, -0.2) is 14.3 Å². The molecule has 2 aromatic heterocycles. The summed E-state index contributed by atoms with van der Waals surface area (Å²) in [5, 5.41) is 8.59. The average molecular weight is 435 g/mol. The Balaban J connectivity index is 1.49. The molecule has 0 radical (unpaired) electrons. The highest BCUT2D eigenvalue weighted by atomic mass is 32.2. The Morgan fingerprint density at radius 3 is 2.58 bits per heavy atom. The number of ether oxygens (including phenoxy) is 2. The Bertz CT molecular complexity index is 1170. The topological polar surface area (TPSA) is 77.8 Å². The van der Waals surface area contributed by atoms with Crippen molar-refractivity contribution in [1.82, 2.24) is 14.6 Å². The largest absolute Gasteiger partial charge is 0.497 e. The van der Waals surface area contributed by atoms with Gasteiger partial charge in [0.25, 0.3) is 0 Å². The normalized spacial score (nSPS) is 10.8. The van der Waals surface area contributed by atoms with Gasteiger partial charge in [0, 0.05) is 17.6 Å². The lowest BCUT2D eigenvalue weighted by molar-refractivity contribution is 0.0526. The SMILES string of the molecule is CCOC(=O)c1ccc(CSc2nc(Nc3ccc(OC)cc3)c3cccn3n2)cc1. The van der Waals surface area contributed by atoms with E-state index in [2.05, 4.69) is 10.4 Å². The zero-order chi connectivity index (χ0) is 21.6. The summed E-state index contributed by atoms with van der Waals surface area (Å²) in [5.41, 5.74) is 3.41. The van der Waals surface area contributed by atoms with Crippen LogP contribution in [0.4, 0.5) is 11.5 Å². The first-order valence-electron chi connectivity index (χ1n) is 9.81. The van der Waals surface area contributed by atoms with E-state index in [-0.39, 0.29) is 5.97 Å². The molecule has 0 bridgehead atoms. The van der Waals surface area contributed by atoms with Gasteiger partial charge in [-0.3, -0.25) is 0 Å².